The van der Waals surface area contributed by atoms with Gasteiger partial charge in [0.15, 0.2) is 0 Å². The molecule has 0 aliphatic heterocycles. The molecule has 2 nitrogen and oxygen atoms in total. The van der Waals surface area contributed by atoms with Gasteiger partial charge in [-0.05, 0) is 31.1 Å². The topological polar surface area (TPSA) is 26.3 Å². The van der Waals surface area contributed by atoms with E-state index in [1.807, 2.05) is 0 Å². The predicted octanol–water partition coefficient (Wildman–Crippen LogP) is 6.30. The van der Waals surface area contributed by atoms with Crippen molar-refractivity contribution in [1.29, 1.82) is 0 Å². The molecule has 0 saturated carbocycles. The molecule has 0 aromatic carbocycles. The standard InChI is InChI=1S/C20H38O2/c1-6-10-12-18(8-3)15-14-17(5)20(21)22-16-19(9-4)13-11-7-2/h18-19H,5-16H2,1-4H3. The molecule has 0 saturated heterocycles. The third-order valence-corrected chi connectivity index (χ3v) is 4.68. The van der Waals surface area contributed by atoms with Crippen LogP contribution >= 0.6 is 0 Å². The van der Waals surface area contributed by atoms with Gasteiger partial charge in [0.05, 0.1) is 6.61 Å². The van der Waals surface area contributed by atoms with E-state index >= 15 is 0 Å². The number of hydrogen-bond donors (Lipinski definition) is 0. The van der Waals surface area contributed by atoms with Gasteiger partial charge in [-0.2, -0.15) is 0 Å². The average molecular weight is 311 g/mol. The molecule has 0 aromatic rings. The number of carbonyl (C=O) groups is 1. The van der Waals surface area contributed by atoms with Crippen LogP contribution in [0, 0.1) is 11.8 Å². The van der Waals surface area contributed by atoms with E-state index in [1.54, 1.807) is 0 Å². The van der Waals surface area contributed by atoms with Crippen LogP contribution in [0.15, 0.2) is 12.2 Å². The summed E-state index contributed by atoms with van der Waals surface area (Å²) in [6.45, 7) is 13.3. The van der Waals surface area contributed by atoms with Gasteiger partial charge < -0.3 is 4.74 Å². The third-order valence-electron chi connectivity index (χ3n) is 4.68. The van der Waals surface area contributed by atoms with Crippen molar-refractivity contribution in [3.63, 3.8) is 0 Å². The van der Waals surface area contributed by atoms with Crippen LogP contribution < -0.4 is 0 Å². The van der Waals surface area contributed by atoms with Crippen LogP contribution in [-0.4, -0.2) is 12.6 Å². The second-order valence-electron chi connectivity index (χ2n) is 6.57. The lowest BCUT2D eigenvalue weighted by molar-refractivity contribution is -0.140. The molecule has 0 rings (SSSR count). The summed E-state index contributed by atoms with van der Waals surface area (Å²) in [7, 11) is 0. The van der Waals surface area contributed by atoms with Crippen LogP contribution in [0.5, 0.6) is 0 Å². The minimum Gasteiger partial charge on any atom is -0.462 e. The second-order valence-corrected chi connectivity index (χ2v) is 6.57. The van der Waals surface area contributed by atoms with E-state index in [-0.39, 0.29) is 5.97 Å². The normalized spacial score (nSPS) is 13.6. The molecule has 0 aliphatic rings. The van der Waals surface area contributed by atoms with Crippen LogP contribution in [-0.2, 0) is 9.53 Å². The molecule has 0 radical (unpaired) electrons. The van der Waals surface area contributed by atoms with Crippen LogP contribution in [0.4, 0.5) is 0 Å². The van der Waals surface area contributed by atoms with E-state index in [2.05, 4.69) is 34.3 Å². The Bertz CT molecular complexity index is 266. The van der Waals surface area contributed by atoms with Gasteiger partial charge in [-0.25, -0.2) is 4.79 Å². The first-order chi connectivity index (χ1) is 10.6. The largest absolute Gasteiger partial charge is 0.462 e. The first-order valence-corrected chi connectivity index (χ1v) is 9.43. The molecule has 130 valence electrons. The summed E-state index contributed by atoms with van der Waals surface area (Å²) in [4.78, 5) is 12.0. The van der Waals surface area contributed by atoms with Crippen molar-refractivity contribution in [2.45, 2.75) is 91.9 Å². The van der Waals surface area contributed by atoms with E-state index in [1.165, 1.54) is 38.5 Å². The van der Waals surface area contributed by atoms with E-state index in [9.17, 15) is 4.79 Å². The van der Waals surface area contributed by atoms with Crippen molar-refractivity contribution in [2.75, 3.05) is 6.61 Å². The Morgan fingerprint density at radius 1 is 0.909 bits per heavy atom. The highest BCUT2D eigenvalue weighted by Gasteiger charge is 2.14. The maximum absolute atomic E-state index is 12.0. The lowest BCUT2D eigenvalue weighted by Crippen LogP contribution is -2.15. The summed E-state index contributed by atoms with van der Waals surface area (Å²) in [5, 5.41) is 0. The zero-order valence-corrected chi connectivity index (χ0v) is 15.5. The van der Waals surface area contributed by atoms with Crippen molar-refractivity contribution in [2.24, 2.45) is 11.8 Å². The monoisotopic (exact) mass is 310 g/mol. The minimum absolute atomic E-state index is 0.180. The zero-order chi connectivity index (χ0) is 16.8. The summed E-state index contributed by atoms with van der Waals surface area (Å²) >= 11 is 0. The van der Waals surface area contributed by atoms with Gasteiger partial charge in [-0.1, -0.05) is 79.2 Å². The number of hydrogen-bond acceptors (Lipinski definition) is 2. The summed E-state index contributed by atoms with van der Waals surface area (Å²) < 4.78 is 5.46. The molecule has 2 unspecified atom stereocenters. The first-order valence-electron chi connectivity index (χ1n) is 9.43. The van der Waals surface area contributed by atoms with Crippen molar-refractivity contribution >= 4 is 5.97 Å². The Morgan fingerprint density at radius 3 is 1.95 bits per heavy atom. The Labute approximate surface area is 138 Å². The number of esters is 1. The van der Waals surface area contributed by atoms with E-state index in [0.717, 1.165) is 31.6 Å². The maximum atomic E-state index is 12.0. The number of ether oxygens (including phenoxy) is 1. The Morgan fingerprint density at radius 2 is 1.45 bits per heavy atom. The summed E-state index contributed by atoms with van der Waals surface area (Å²) in [6.07, 6.45) is 11.5. The predicted molar refractivity (Wildman–Crippen MR) is 95.9 cm³/mol. The molecule has 0 fully saturated rings. The van der Waals surface area contributed by atoms with Gasteiger partial charge in [0.25, 0.3) is 0 Å². The fourth-order valence-corrected chi connectivity index (χ4v) is 2.72. The fraction of sp³-hybridized carbons (Fsp3) is 0.850. The van der Waals surface area contributed by atoms with Crippen LogP contribution in [0.1, 0.15) is 91.9 Å². The average Bonchev–Trinajstić information content (AvgIpc) is 2.54. The van der Waals surface area contributed by atoms with E-state index in [0.29, 0.717) is 18.1 Å². The van der Waals surface area contributed by atoms with Gasteiger partial charge >= 0.3 is 5.97 Å². The summed E-state index contributed by atoms with van der Waals surface area (Å²) in [5.74, 6) is 1.04. The second kappa shape index (κ2) is 13.8. The highest BCUT2D eigenvalue weighted by Crippen LogP contribution is 2.21. The Balaban J connectivity index is 4.02. The Kier molecular flexibility index (Phi) is 13.3. The smallest absolute Gasteiger partial charge is 0.333 e. The zero-order valence-electron chi connectivity index (χ0n) is 15.5. The summed E-state index contributed by atoms with van der Waals surface area (Å²) in [5.41, 5.74) is 0.653. The van der Waals surface area contributed by atoms with Crippen molar-refractivity contribution in [1.82, 2.24) is 0 Å². The first kappa shape index (κ1) is 21.2. The third kappa shape index (κ3) is 10.0. The minimum atomic E-state index is -0.180. The lowest BCUT2D eigenvalue weighted by atomic mass is 9.92. The molecular formula is C20H38O2. The number of rotatable bonds is 14. The SMILES string of the molecule is C=C(CCC(CC)CCCC)C(=O)OCC(CC)CCCC. The van der Waals surface area contributed by atoms with Crippen LogP contribution in [0.2, 0.25) is 0 Å². The van der Waals surface area contributed by atoms with Gasteiger partial charge in [0, 0.05) is 5.57 Å². The molecule has 0 aromatic heterocycles. The maximum Gasteiger partial charge on any atom is 0.333 e. The molecule has 0 bridgehead atoms. The van der Waals surface area contributed by atoms with Crippen LogP contribution in [0.25, 0.3) is 0 Å². The van der Waals surface area contributed by atoms with Crippen molar-refractivity contribution in [3.05, 3.63) is 12.2 Å². The highest BCUT2D eigenvalue weighted by atomic mass is 16.5. The highest BCUT2D eigenvalue weighted by molar-refractivity contribution is 5.87. The van der Waals surface area contributed by atoms with Gasteiger partial charge in [0.1, 0.15) is 0 Å². The molecule has 22 heavy (non-hydrogen) atoms. The molecule has 0 heterocycles. The van der Waals surface area contributed by atoms with Crippen molar-refractivity contribution < 1.29 is 9.53 Å². The van der Waals surface area contributed by atoms with Gasteiger partial charge in [-0.15, -0.1) is 0 Å². The number of carbonyl (C=O) groups excluding carboxylic acids is 1. The molecule has 0 N–H and O–H groups in total. The summed E-state index contributed by atoms with van der Waals surface area (Å²) in [6, 6.07) is 0. The lowest BCUT2D eigenvalue weighted by Gasteiger charge is -2.17. The fourth-order valence-electron chi connectivity index (χ4n) is 2.72. The van der Waals surface area contributed by atoms with E-state index < -0.39 is 0 Å². The van der Waals surface area contributed by atoms with Gasteiger partial charge in [-0.3, -0.25) is 0 Å². The molecular weight excluding hydrogens is 272 g/mol. The van der Waals surface area contributed by atoms with Gasteiger partial charge in [0.2, 0.25) is 0 Å². The number of unbranched alkanes of at least 4 members (excludes halogenated alkanes) is 2. The molecule has 2 heteroatoms. The van der Waals surface area contributed by atoms with E-state index in [4.69, 9.17) is 4.74 Å². The molecule has 2 atom stereocenters. The quantitative estimate of drug-likeness (QED) is 0.278. The molecule has 0 spiro atoms. The van der Waals surface area contributed by atoms with Crippen molar-refractivity contribution in [3.8, 4) is 0 Å². The molecule has 0 aliphatic carbocycles. The van der Waals surface area contributed by atoms with Crippen LogP contribution in [0.3, 0.4) is 0 Å². The molecule has 0 amide bonds. The Hall–Kier alpha value is -0.790.